The summed E-state index contributed by atoms with van der Waals surface area (Å²) in [4.78, 5) is 14.8. The fourth-order valence-corrected chi connectivity index (χ4v) is 3.05. The maximum atomic E-state index is 12.4. The molecule has 5 heteroatoms. The zero-order chi connectivity index (χ0) is 16.1. The lowest BCUT2D eigenvalue weighted by Gasteiger charge is -2.30. The Morgan fingerprint density at radius 2 is 2.27 bits per heavy atom. The van der Waals surface area contributed by atoms with Gasteiger partial charge in [-0.05, 0) is 44.2 Å². The quantitative estimate of drug-likeness (QED) is 0.878. The van der Waals surface area contributed by atoms with E-state index in [0.717, 1.165) is 37.8 Å². The topological polar surface area (TPSA) is 50.2 Å². The van der Waals surface area contributed by atoms with Gasteiger partial charge in [-0.25, -0.2) is 0 Å². The number of amides is 1. The van der Waals surface area contributed by atoms with Crippen LogP contribution in [0.25, 0.3) is 0 Å². The van der Waals surface area contributed by atoms with E-state index < -0.39 is 0 Å². The van der Waals surface area contributed by atoms with Crippen LogP contribution in [0.4, 0.5) is 0 Å². The minimum Gasteiger partial charge on any atom is -0.349 e. The van der Waals surface area contributed by atoms with Crippen LogP contribution in [0.1, 0.15) is 62.6 Å². The van der Waals surface area contributed by atoms with Crippen LogP contribution in [0.5, 0.6) is 0 Å². The van der Waals surface area contributed by atoms with Crippen LogP contribution in [0.15, 0.2) is 6.07 Å². The van der Waals surface area contributed by atoms with Crippen molar-refractivity contribution >= 4 is 5.91 Å². The lowest BCUT2D eigenvalue weighted by atomic mass is 10.0. The Morgan fingerprint density at radius 3 is 2.91 bits per heavy atom. The summed E-state index contributed by atoms with van der Waals surface area (Å²) in [6.07, 6.45) is 2.60. The summed E-state index contributed by atoms with van der Waals surface area (Å²) in [6.45, 7) is 13.2. The first-order valence-electron chi connectivity index (χ1n) is 8.59. The van der Waals surface area contributed by atoms with Gasteiger partial charge >= 0.3 is 0 Å². The van der Waals surface area contributed by atoms with Gasteiger partial charge in [-0.2, -0.15) is 5.10 Å². The fraction of sp³-hybridized carbons (Fsp3) is 0.765. The Morgan fingerprint density at radius 1 is 1.50 bits per heavy atom. The number of aromatic nitrogens is 2. The second kappa shape index (κ2) is 7.77. The average molecular weight is 306 g/mol. The van der Waals surface area contributed by atoms with Crippen molar-refractivity contribution in [2.24, 2.45) is 5.92 Å². The van der Waals surface area contributed by atoms with E-state index in [2.05, 4.69) is 36.1 Å². The smallest absolute Gasteiger partial charge is 0.269 e. The molecule has 1 aliphatic rings. The number of hydrogen-bond donors (Lipinski definition) is 1. The molecule has 1 amide bonds. The molecule has 0 radical (unpaired) electrons. The second-order valence-electron chi connectivity index (χ2n) is 6.73. The first kappa shape index (κ1) is 17.0. The van der Waals surface area contributed by atoms with Crippen molar-refractivity contribution in [3.8, 4) is 0 Å². The summed E-state index contributed by atoms with van der Waals surface area (Å²) in [7, 11) is 0. The largest absolute Gasteiger partial charge is 0.349 e. The van der Waals surface area contributed by atoms with Crippen molar-refractivity contribution in [2.45, 2.75) is 53.0 Å². The van der Waals surface area contributed by atoms with Gasteiger partial charge in [0.2, 0.25) is 0 Å². The number of likely N-dealkylation sites (tertiary alicyclic amines) is 1. The van der Waals surface area contributed by atoms with E-state index in [-0.39, 0.29) is 5.91 Å². The molecule has 1 fully saturated rings. The van der Waals surface area contributed by atoms with E-state index in [0.29, 0.717) is 18.2 Å². The third-order valence-corrected chi connectivity index (χ3v) is 4.38. The zero-order valence-corrected chi connectivity index (χ0v) is 14.4. The summed E-state index contributed by atoms with van der Waals surface area (Å²) < 4.78 is 1.80. The van der Waals surface area contributed by atoms with Crippen LogP contribution >= 0.6 is 0 Å². The molecule has 0 spiro atoms. The minimum atomic E-state index is -0.00805. The molecule has 5 nitrogen and oxygen atoms in total. The SMILES string of the molecule is CCn1nc(C(C)C)cc1C(=O)NCCN1CCC[C@H](C)C1. The normalized spacial score (nSPS) is 19.6. The molecule has 2 heterocycles. The van der Waals surface area contributed by atoms with Gasteiger partial charge in [-0.15, -0.1) is 0 Å². The van der Waals surface area contributed by atoms with Crippen LogP contribution in [0.2, 0.25) is 0 Å². The molecular formula is C17H30N4O. The molecule has 1 atom stereocenters. The molecule has 1 aliphatic heterocycles. The number of nitrogens with zero attached hydrogens (tertiary/aromatic N) is 3. The van der Waals surface area contributed by atoms with Gasteiger partial charge in [0.15, 0.2) is 0 Å². The molecule has 1 aromatic rings. The standard InChI is InChI=1S/C17H30N4O/c1-5-21-16(11-15(19-21)13(2)3)17(22)18-8-10-20-9-6-7-14(4)12-20/h11,13-14H,5-10,12H2,1-4H3,(H,18,22)/t14-/m0/s1. The van der Waals surface area contributed by atoms with Crippen molar-refractivity contribution in [3.63, 3.8) is 0 Å². The third kappa shape index (κ3) is 4.32. The highest BCUT2D eigenvalue weighted by molar-refractivity contribution is 5.92. The maximum Gasteiger partial charge on any atom is 0.269 e. The number of rotatable bonds is 6. The molecule has 1 aromatic heterocycles. The van der Waals surface area contributed by atoms with Gasteiger partial charge in [0.1, 0.15) is 5.69 Å². The Balaban J connectivity index is 1.86. The van der Waals surface area contributed by atoms with Crippen molar-refractivity contribution in [2.75, 3.05) is 26.2 Å². The Bertz CT molecular complexity index is 495. The molecule has 1 N–H and O–H groups in total. The van der Waals surface area contributed by atoms with E-state index in [4.69, 9.17) is 0 Å². The first-order valence-corrected chi connectivity index (χ1v) is 8.59. The van der Waals surface area contributed by atoms with Crippen molar-refractivity contribution < 1.29 is 4.79 Å². The number of piperidine rings is 1. The number of aryl methyl sites for hydroxylation is 1. The first-order chi connectivity index (χ1) is 10.5. The van der Waals surface area contributed by atoms with E-state index in [1.54, 1.807) is 4.68 Å². The highest BCUT2D eigenvalue weighted by Gasteiger charge is 2.18. The molecule has 0 bridgehead atoms. The number of carbonyl (C=O) groups is 1. The van der Waals surface area contributed by atoms with Crippen molar-refractivity contribution in [1.82, 2.24) is 20.0 Å². The van der Waals surface area contributed by atoms with Gasteiger partial charge in [-0.1, -0.05) is 20.8 Å². The average Bonchev–Trinajstić information content (AvgIpc) is 2.92. The summed E-state index contributed by atoms with van der Waals surface area (Å²) >= 11 is 0. The van der Waals surface area contributed by atoms with Gasteiger partial charge < -0.3 is 10.2 Å². The van der Waals surface area contributed by atoms with Crippen LogP contribution in [-0.2, 0) is 6.54 Å². The van der Waals surface area contributed by atoms with Gasteiger partial charge in [0, 0.05) is 26.2 Å². The summed E-state index contributed by atoms with van der Waals surface area (Å²) in [5, 5.41) is 7.55. The van der Waals surface area contributed by atoms with Crippen molar-refractivity contribution in [3.05, 3.63) is 17.5 Å². The predicted molar refractivity (Wildman–Crippen MR) is 89.2 cm³/mol. The molecule has 124 valence electrons. The highest BCUT2D eigenvalue weighted by Crippen LogP contribution is 2.15. The molecule has 0 saturated carbocycles. The van der Waals surface area contributed by atoms with Gasteiger partial charge in [0.05, 0.1) is 5.69 Å². The lowest BCUT2D eigenvalue weighted by Crippen LogP contribution is -2.40. The minimum absolute atomic E-state index is 0.00805. The molecule has 0 aromatic carbocycles. The van der Waals surface area contributed by atoms with Gasteiger partial charge in [-0.3, -0.25) is 9.48 Å². The number of carbonyl (C=O) groups excluding carboxylic acids is 1. The maximum absolute atomic E-state index is 12.4. The third-order valence-electron chi connectivity index (χ3n) is 4.38. The monoisotopic (exact) mass is 306 g/mol. The number of hydrogen-bond acceptors (Lipinski definition) is 3. The Labute approximate surface area is 134 Å². The van der Waals surface area contributed by atoms with E-state index in [1.807, 2.05) is 13.0 Å². The van der Waals surface area contributed by atoms with Crippen molar-refractivity contribution in [1.29, 1.82) is 0 Å². The Hall–Kier alpha value is -1.36. The Kier molecular flexibility index (Phi) is 6.00. The molecule has 0 aliphatic carbocycles. The molecule has 22 heavy (non-hydrogen) atoms. The second-order valence-corrected chi connectivity index (χ2v) is 6.73. The van der Waals surface area contributed by atoms with Gasteiger partial charge in [0.25, 0.3) is 5.91 Å². The summed E-state index contributed by atoms with van der Waals surface area (Å²) in [6, 6.07) is 1.92. The summed E-state index contributed by atoms with van der Waals surface area (Å²) in [5.74, 6) is 1.11. The summed E-state index contributed by atoms with van der Waals surface area (Å²) in [5.41, 5.74) is 1.66. The lowest BCUT2D eigenvalue weighted by molar-refractivity contribution is 0.0933. The van der Waals surface area contributed by atoms with E-state index in [1.165, 1.54) is 12.8 Å². The van der Waals surface area contributed by atoms with Crippen LogP contribution in [0, 0.1) is 5.92 Å². The number of nitrogens with one attached hydrogen (secondary N) is 1. The fourth-order valence-electron chi connectivity index (χ4n) is 3.05. The molecule has 2 rings (SSSR count). The van der Waals surface area contributed by atoms with Crippen LogP contribution in [-0.4, -0.2) is 46.8 Å². The van der Waals surface area contributed by atoms with Crippen LogP contribution < -0.4 is 5.32 Å². The predicted octanol–water partition coefficient (Wildman–Crippen LogP) is 2.49. The molecular weight excluding hydrogens is 276 g/mol. The molecule has 1 saturated heterocycles. The van der Waals surface area contributed by atoms with E-state index >= 15 is 0 Å². The molecule has 0 unspecified atom stereocenters. The zero-order valence-electron chi connectivity index (χ0n) is 14.4. The van der Waals surface area contributed by atoms with E-state index in [9.17, 15) is 4.79 Å². The van der Waals surface area contributed by atoms with Crippen LogP contribution in [0.3, 0.4) is 0 Å². The highest BCUT2D eigenvalue weighted by atomic mass is 16.2.